The molecule has 2 aromatic rings. The number of nitrogens with zero attached hydrogens (tertiary/aromatic N) is 1. The highest BCUT2D eigenvalue weighted by Crippen LogP contribution is 2.23. The number of halogens is 1. The van der Waals surface area contributed by atoms with E-state index in [1.165, 1.54) is 23.9 Å². The van der Waals surface area contributed by atoms with Crippen molar-refractivity contribution in [1.82, 2.24) is 9.97 Å². The molecular weight excluding hydrogens is 279 g/mol. The molecule has 0 amide bonds. The van der Waals surface area contributed by atoms with Crippen LogP contribution in [-0.2, 0) is 5.75 Å². The summed E-state index contributed by atoms with van der Waals surface area (Å²) in [5.74, 6) is 0.182. The number of rotatable bonds is 4. The molecular formula is C14H15FN2O2S. The minimum Gasteiger partial charge on any atom is -0.493 e. The molecule has 0 saturated heterocycles. The van der Waals surface area contributed by atoms with Crippen LogP contribution in [0, 0.1) is 5.82 Å². The van der Waals surface area contributed by atoms with E-state index in [0.29, 0.717) is 17.1 Å². The molecule has 0 spiro atoms. The van der Waals surface area contributed by atoms with Crippen molar-refractivity contribution in [2.45, 2.75) is 30.4 Å². The summed E-state index contributed by atoms with van der Waals surface area (Å²) in [5.41, 5.74) is -0.0252. The maximum Gasteiger partial charge on any atom is 0.258 e. The van der Waals surface area contributed by atoms with Crippen molar-refractivity contribution in [3.8, 4) is 5.88 Å². The molecule has 20 heavy (non-hydrogen) atoms. The standard InChI is InChI=1S/C14H15FN2O2S/c1-8(2)12-13(18)16-11(17-14(12)19)7-20-10-5-3-9(15)4-6-10/h3-6,8H,7H2,1-2H3,(H2,16,17,18,19). The molecule has 0 aliphatic carbocycles. The average molecular weight is 294 g/mol. The van der Waals surface area contributed by atoms with Crippen molar-refractivity contribution in [2.75, 3.05) is 0 Å². The molecule has 0 radical (unpaired) electrons. The van der Waals surface area contributed by atoms with Crippen molar-refractivity contribution < 1.29 is 9.50 Å². The van der Waals surface area contributed by atoms with Gasteiger partial charge < -0.3 is 10.1 Å². The van der Waals surface area contributed by atoms with Crippen LogP contribution in [0.15, 0.2) is 34.0 Å². The Morgan fingerprint density at radius 1 is 1.35 bits per heavy atom. The van der Waals surface area contributed by atoms with Crippen molar-refractivity contribution in [3.63, 3.8) is 0 Å². The van der Waals surface area contributed by atoms with Gasteiger partial charge in [-0.1, -0.05) is 13.8 Å². The zero-order valence-electron chi connectivity index (χ0n) is 11.2. The van der Waals surface area contributed by atoms with Gasteiger partial charge in [-0.15, -0.1) is 11.8 Å². The summed E-state index contributed by atoms with van der Waals surface area (Å²) in [4.78, 5) is 19.4. The van der Waals surface area contributed by atoms with E-state index in [-0.39, 0.29) is 23.2 Å². The summed E-state index contributed by atoms with van der Waals surface area (Å²) in [7, 11) is 0. The smallest absolute Gasteiger partial charge is 0.258 e. The van der Waals surface area contributed by atoms with E-state index in [1.54, 1.807) is 12.1 Å². The molecule has 0 unspecified atom stereocenters. The fourth-order valence-electron chi connectivity index (χ4n) is 1.79. The van der Waals surface area contributed by atoms with E-state index in [1.807, 2.05) is 13.8 Å². The van der Waals surface area contributed by atoms with Crippen LogP contribution < -0.4 is 5.56 Å². The SMILES string of the molecule is CC(C)c1c(O)nc(CSc2ccc(F)cc2)[nH]c1=O. The van der Waals surface area contributed by atoms with E-state index in [9.17, 15) is 14.3 Å². The molecule has 4 nitrogen and oxygen atoms in total. The van der Waals surface area contributed by atoms with Crippen LogP contribution in [0.5, 0.6) is 5.88 Å². The third-order valence-corrected chi connectivity index (χ3v) is 3.77. The summed E-state index contributed by atoms with van der Waals surface area (Å²) in [5, 5.41) is 9.79. The van der Waals surface area contributed by atoms with E-state index >= 15 is 0 Å². The zero-order chi connectivity index (χ0) is 14.7. The Kier molecular flexibility index (Phi) is 4.44. The van der Waals surface area contributed by atoms with Crippen molar-refractivity contribution >= 4 is 11.8 Å². The number of benzene rings is 1. The van der Waals surface area contributed by atoms with Gasteiger partial charge in [-0.2, -0.15) is 4.98 Å². The van der Waals surface area contributed by atoms with Gasteiger partial charge in [0, 0.05) is 4.90 Å². The lowest BCUT2D eigenvalue weighted by Crippen LogP contribution is -2.17. The Bertz CT molecular complexity index is 653. The zero-order valence-corrected chi connectivity index (χ0v) is 12.0. The Morgan fingerprint density at radius 3 is 2.55 bits per heavy atom. The Labute approximate surface area is 120 Å². The highest BCUT2D eigenvalue weighted by Gasteiger charge is 2.14. The van der Waals surface area contributed by atoms with Crippen LogP contribution in [0.1, 0.15) is 31.2 Å². The first-order chi connectivity index (χ1) is 9.47. The second kappa shape index (κ2) is 6.09. The fraction of sp³-hybridized carbons (Fsp3) is 0.286. The molecule has 1 aromatic heterocycles. The molecule has 0 atom stereocenters. The van der Waals surface area contributed by atoms with Crippen LogP contribution in [0.3, 0.4) is 0 Å². The normalized spacial score (nSPS) is 11.0. The molecule has 0 saturated carbocycles. The number of nitrogens with one attached hydrogen (secondary N) is 1. The van der Waals surface area contributed by atoms with Crippen LogP contribution in [0.4, 0.5) is 4.39 Å². The van der Waals surface area contributed by atoms with Gasteiger partial charge in [0.25, 0.3) is 5.56 Å². The summed E-state index contributed by atoms with van der Waals surface area (Å²) >= 11 is 1.40. The number of aromatic nitrogens is 2. The molecule has 106 valence electrons. The topological polar surface area (TPSA) is 66.0 Å². The number of hydrogen-bond donors (Lipinski definition) is 2. The number of aromatic hydroxyl groups is 1. The maximum absolute atomic E-state index is 12.8. The second-order valence-electron chi connectivity index (χ2n) is 4.65. The molecule has 1 aromatic carbocycles. The number of H-pyrrole nitrogens is 1. The maximum atomic E-state index is 12.8. The van der Waals surface area contributed by atoms with Gasteiger partial charge >= 0.3 is 0 Å². The Balaban J connectivity index is 2.15. The lowest BCUT2D eigenvalue weighted by Gasteiger charge is -2.08. The molecule has 0 aliphatic rings. The molecule has 0 fully saturated rings. The highest BCUT2D eigenvalue weighted by molar-refractivity contribution is 7.98. The van der Waals surface area contributed by atoms with E-state index in [2.05, 4.69) is 9.97 Å². The van der Waals surface area contributed by atoms with Crippen LogP contribution in [0.25, 0.3) is 0 Å². The van der Waals surface area contributed by atoms with Gasteiger partial charge in [0.15, 0.2) is 0 Å². The van der Waals surface area contributed by atoms with Crippen molar-refractivity contribution in [2.24, 2.45) is 0 Å². The average Bonchev–Trinajstić information content (AvgIpc) is 2.37. The summed E-state index contributed by atoms with van der Waals surface area (Å²) in [6.07, 6.45) is 0. The summed E-state index contributed by atoms with van der Waals surface area (Å²) in [6.45, 7) is 3.64. The highest BCUT2D eigenvalue weighted by atomic mass is 32.2. The fourth-order valence-corrected chi connectivity index (χ4v) is 2.56. The largest absolute Gasteiger partial charge is 0.493 e. The first-order valence-corrected chi connectivity index (χ1v) is 7.16. The van der Waals surface area contributed by atoms with Crippen molar-refractivity contribution in [3.05, 3.63) is 51.8 Å². The van der Waals surface area contributed by atoms with Gasteiger partial charge in [0.05, 0.1) is 11.3 Å². The first-order valence-electron chi connectivity index (χ1n) is 6.18. The minimum atomic E-state index is -0.317. The number of aromatic amines is 1. The monoisotopic (exact) mass is 294 g/mol. The van der Waals surface area contributed by atoms with Crippen LogP contribution in [0.2, 0.25) is 0 Å². The van der Waals surface area contributed by atoms with Gasteiger partial charge in [0.1, 0.15) is 11.6 Å². The van der Waals surface area contributed by atoms with E-state index < -0.39 is 0 Å². The van der Waals surface area contributed by atoms with Crippen LogP contribution in [-0.4, -0.2) is 15.1 Å². The molecule has 2 rings (SSSR count). The molecule has 0 aliphatic heterocycles. The Hall–Kier alpha value is -1.82. The molecule has 2 N–H and O–H groups in total. The van der Waals surface area contributed by atoms with E-state index in [0.717, 1.165) is 4.90 Å². The number of thioether (sulfide) groups is 1. The lowest BCUT2D eigenvalue weighted by atomic mass is 10.1. The van der Waals surface area contributed by atoms with E-state index in [4.69, 9.17) is 0 Å². The third kappa shape index (κ3) is 3.39. The number of hydrogen-bond acceptors (Lipinski definition) is 4. The molecule has 6 heteroatoms. The second-order valence-corrected chi connectivity index (χ2v) is 5.70. The molecule has 0 bridgehead atoms. The summed E-state index contributed by atoms with van der Waals surface area (Å²) < 4.78 is 12.8. The predicted octanol–water partition coefficient (Wildman–Crippen LogP) is 3.03. The predicted molar refractivity (Wildman–Crippen MR) is 76.6 cm³/mol. The third-order valence-electron chi connectivity index (χ3n) is 2.75. The van der Waals surface area contributed by atoms with Gasteiger partial charge in [-0.25, -0.2) is 4.39 Å². The lowest BCUT2D eigenvalue weighted by molar-refractivity contribution is 0.437. The first kappa shape index (κ1) is 14.6. The van der Waals surface area contributed by atoms with Gasteiger partial charge in [-0.3, -0.25) is 4.79 Å². The molecule has 1 heterocycles. The van der Waals surface area contributed by atoms with Gasteiger partial charge in [-0.05, 0) is 30.2 Å². The van der Waals surface area contributed by atoms with Crippen LogP contribution >= 0.6 is 11.8 Å². The minimum absolute atomic E-state index is 0.0925. The van der Waals surface area contributed by atoms with Crippen molar-refractivity contribution in [1.29, 1.82) is 0 Å². The Morgan fingerprint density at radius 2 is 2.00 bits per heavy atom. The quantitative estimate of drug-likeness (QED) is 0.851. The summed E-state index contributed by atoms with van der Waals surface area (Å²) in [6, 6.07) is 6.05. The van der Waals surface area contributed by atoms with Gasteiger partial charge in [0.2, 0.25) is 5.88 Å².